The molecular formula is C15H23NO3. The lowest BCUT2D eigenvalue weighted by Gasteiger charge is -2.29. The first-order valence-corrected chi connectivity index (χ1v) is 6.47. The molecule has 0 saturated heterocycles. The quantitative estimate of drug-likeness (QED) is 0.801. The van der Waals surface area contributed by atoms with Gasteiger partial charge in [0.05, 0.1) is 19.1 Å². The summed E-state index contributed by atoms with van der Waals surface area (Å²) in [6.07, 6.45) is 0.621. The molecular weight excluding hydrogens is 242 g/mol. The fourth-order valence-corrected chi connectivity index (χ4v) is 1.74. The Kier molecular flexibility index (Phi) is 5.36. The second-order valence-electron chi connectivity index (χ2n) is 5.10. The minimum Gasteiger partial charge on any atom is -0.497 e. The second kappa shape index (κ2) is 6.57. The van der Waals surface area contributed by atoms with Crippen molar-refractivity contribution in [3.8, 4) is 5.75 Å². The minimum atomic E-state index is -0.698. The Hall–Kier alpha value is -1.55. The molecule has 1 aromatic carbocycles. The molecule has 0 fully saturated rings. The van der Waals surface area contributed by atoms with Gasteiger partial charge in [-0.2, -0.15) is 0 Å². The largest absolute Gasteiger partial charge is 0.497 e. The first-order valence-electron chi connectivity index (χ1n) is 6.47. The van der Waals surface area contributed by atoms with Crippen LogP contribution < -0.4 is 10.5 Å². The normalized spacial score (nSPS) is 12.9. The van der Waals surface area contributed by atoms with Gasteiger partial charge in [-0.1, -0.05) is 12.1 Å². The van der Waals surface area contributed by atoms with Crippen molar-refractivity contribution in [1.82, 2.24) is 0 Å². The molecule has 0 saturated carbocycles. The fraction of sp³-hybridized carbons (Fsp3) is 0.533. The van der Waals surface area contributed by atoms with Crippen LogP contribution >= 0.6 is 0 Å². The lowest BCUT2D eigenvalue weighted by Crippen LogP contribution is -2.45. The van der Waals surface area contributed by atoms with Crippen molar-refractivity contribution in [3.63, 3.8) is 0 Å². The molecule has 1 unspecified atom stereocenters. The predicted octanol–water partition coefficient (Wildman–Crippen LogP) is 2.15. The highest BCUT2D eigenvalue weighted by atomic mass is 16.5. The number of ether oxygens (including phenoxy) is 2. The fourth-order valence-electron chi connectivity index (χ4n) is 1.74. The van der Waals surface area contributed by atoms with Crippen LogP contribution in [-0.2, 0) is 16.0 Å². The minimum absolute atomic E-state index is 0.254. The molecule has 0 aromatic heterocycles. The van der Waals surface area contributed by atoms with Gasteiger partial charge in [0.15, 0.2) is 0 Å². The monoisotopic (exact) mass is 265 g/mol. The van der Waals surface area contributed by atoms with Crippen LogP contribution in [0.5, 0.6) is 5.75 Å². The molecule has 0 bridgehead atoms. The molecule has 0 amide bonds. The van der Waals surface area contributed by atoms with Gasteiger partial charge in [0.1, 0.15) is 5.75 Å². The summed E-state index contributed by atoms with van der Waals surface area (Å²) in [6.45, 7) is 5.80. The molecule has 0 aliphatic heterocycles. The van der Waals surface area contributed by atoms with Crippen LogP contribution in [0.2, 0.25) is 0 Å². The number of hydrogen-bond donors (Lipinski definition) is 1. The van der Waals surface area contributed by atoms with E-state index in [-0.39, 0.29) is 12.0 Å². The summed E-state index contributed by atoms with van der Waals surface area (Å²) in [7, 11) is 1.63. The Morgan fingerprint density at radius 2 is 1.89 bits per heavy atom. The average molecular weight is 265 g/mol. The van der Waals surface area contributed by atoms with E-state index in [1.54, 1.807) is 14.0 Å². The van der Waals surface area contributed by atoms with Gasteiger partial charge in [-0.05, 0) is 44.9 Å². The summed E-state index contributed by atoms with van der Waals surface area (Å²) in [5.41, 5.74) is 6.53. The zero-order valence-electron chi connectivity index (χ0n) is 12.1. The van der Waals surface area contributed by atoms with E-state index in [2.05, 4.69) is 0 Å². The predicted molar refractivity (Wildman–Crippen MR) is 75.1 cm³/mol. The Bertz CT molecular complexity index is 412. The van der Waals surface area contributed by atoms with Crippen molar-refractivity contribution in [1.29, 1.82) is 0 Å². The molecule has 1 aromatic rings. The maximum atomic E-state index is 11.9. The van der Waals surface area contributed by atoms with Crippen molar-refractivity contribution in [2.45, 2.75) is 33.2 Å². The van der Waals surface area contributed by atoms with Crippen LogP contribution in [0.25, 0.3) is 0 Å². The van der Waals surface area contributed by atoms with Crippen molar-refractivity contribution in [2.24, 2.45) is 11.1 Å². The Morgan fingerprint density at radius 1 is 1.32 bits per heavy atom. The molecule has 4 heteroatoms. The van der Waals surface area contributed by atoms with Crippen LogP contribution in [0.4, 0.5) is 0 Å². The Morgan fingerprint density at radius 3 is 2.37 bits per heavy atom. The molecule has 1 rings (SSSR count). The van der Waals surface area contributed by atoms with Crippen LogP contribution in [0, 0.1) is 5.41 Å². The van der Waals surface area contributed by atoms with Gasteiger partial charge in [-0.3, -0.25) is 4.79 Å². The first-order chi connectivity index (χ1) is 8.91. The van der Waals surface area contributed by atoms with Crippen molar-refractivity contribution >= 4 is 5.97 Å². The summed E-state index contributed by atoms with van der Waals surface area (Å²) >= 11 is 0. The van der Waals surface area contributed by atoms with E-state index in [1.165, 1.54) is 0 Å². The third kappa shape index (κ3) is 3.96. The number of hydrogen-bond acceptors (Lipinski definition) is 4. The molecule has 2 N–H and O–H groups in total. The van der Waals surface area contributed by atoms with E-state index < -0.39 is 5.41 Å². The number of rotatable bonds is 6. The van der Waals surface area contributed by atoms with Crippen molar-refractivity contribution in [2.75, 3.05) is 13.7 Å². The van der Waals surface area contributed by atoms with Gasteiger partial charge in [0.25, 0.3) is 0 Å². The summed E-state index contributed by atoms with van der Waals surface area (Å²) < 4.78 is 10.2. The molecule has 4 nitrogen and oxygen atoms in total. The van der Waals surface area contributed by atoms with E-state index in [4.69, 9.17) is 15.2 Å². The van der Waals surface area contributed by atoms with E-state index in [0.29, 0.717) is 13.0 Å². The number of esters is 1. The van der Waals surface area contributed by atoms with Crippen LogP contribution in [0.1, 0.15) is 26.3 Å². The summed E-state index contributed by atoms with van der Waals surface area (Å²) in [5, 5.41) is 0. The third-order valence-corrected chi connectivity index (χ3v) is 3.34. The van der Waals surface area contributed by atoms with E-state index in [9.17, 15) is 4.79 Å². The molecule has 0 aliphatic carbocycles. The molecule has 0 radical (unpaired) electrons. The zero-order valence-corrected chi connectivity index (χ0v) is 12.1. The molecule has 106 valence electrons. The van der Waals surface area contributed by atoms with E-state index >= 15 is 0 Å². The molecule has 1 atom stereocenters. The van der Waals surface area contributed by atoms with E-state index in [0.717, 1.165) is 11.3 Å². The standard InChI is InChI=1S/C15H23NO3/c1-5-19-14(17)15(2,3)13(16)10-11-6-8-12(18-4)9-7-11/h6-9,13H,5,10,16H2,1-4H3. The van der Waals surface area contributed by atoms with Crippen LogP contribution in [-0.4, -0.2) is 25.7 Å². The highest BCUT2D eigenvalue weighted by Crippen LogP contribution is 2.24. The first kappa shape index (κ1) is 15.5. The summed E-state index contributed by atoms with van der Waals surface area (Å²) in [5.74, 6) is 0.554. The summed E-state index contributed by atoms with van der Waals surface area (Å²) in [6, 6.07) is 7.40. The lowest BCUT2D eigenvalue weighted by molar-refractivity contribution is -0.154. The van der Waals surface area contributed by atoms with Gasteiger partial charge in [0, 0.05) is 6.04 Å². The SMILES string of the molecule is CCOC(=O)C(C)(C)C(N)Cc1ccc(OC)cc1. The van der Waals surface area contributed by atoms with Crippen LogP contribution in [0.15, 0.2) is 24.3 Å². The number of benzene rings is 1. The van der Waals surface area contributed by atoms with E-state index in [1.807, 2.05) is 38.1 Å². The number of carbonyl (C=O) groups is 1. The average Bonchev–Trinajstić information content (AvgIpc) is 2.39. The van der Waals surface area contributed by atoms with Gasteiger partial charge < -0.3 is 15.2 Å². The number of methoxy groups -OCH3 is 1. The number of nitrogens with two attached hydrogens (primary N) is 1. The van der Waals surface area contributed by atoms with Crippen molar-refractivity contribution < 1.29 is 14.3 Å². The molecule has 0 heterocycles. The van der Waals surface area contributed by atoms with Crippen LogP contribution in [0.3, 0.4) is 0 Å². The molecule has 19 heavy (non-hydrogen) atoms. The Labute approximate surface area is 114 Å². The van der Waals surface area contributed by atoms with Gasteiger partial charge in [0.2, 0.25) is 0 Å². The third-order valence-electron chi connectivity index (χ3n) is 3.34. The maximum absolute atomic E-state index is 11.9. The van der Waals surface area contributed by atoms with Gasteiger partial charge in [-0.15, -0.1) is 0 Å². The second-order valence-corrected chi connectivity index (χ2v) is 5.10. The van der Waals surface area contributed by atoms with Gasteiger partial charge in [-0.25, -0.2) is 0 Å². The maximum Gasteiger partial charge on any atom is 0.313 e. The molecule has 0 spiro atoms. The lowest BCUT2D eigenvalue weighted by atomic mass is 9.81. The molecule has 0 aliphatic rings. The smallest absolute Gasteiger partial charge is 0.313 e. The number of carbonyl (C=O) groups excluding carboxylic acids is 1. The highest BCUT2D eigenvalue weighted by molar-refractivity contribution is 5.76. The van der Waals surface area contributed by atoms with Gasteiger partial charge >= 0.3 is 5.97 Å². The highest BCUT2D eigenvalue weighted by Gasteiger charge is 2.35. The van der Waals surface area contributed by atoms with Crippen molar-refractivity contribution in [3.05, 3.63) is 29.8 Å². The zero-order chi connectivity index (χ0) is 14.5. The summed E-state index contributed by atoms with van der Waals surface area (Å²) in [4.78, 5) is 11.9. The topological polar surface area (TPSA) is 61.5 Å². The Balaban J connectivity index is 2.71.